The minimum Gasteiger partial charge on any atom is -0.396 e. The third-order valence-corrected chi connectivity index (χ3v) is 6.93. The van der Waals surface area contributed by atoms with Crippen LogP contribution in [0.4, 0.5) is 4.39 Å². The third-order valence-electron chi connectivity index (χ3n) is 4.90. The summed E-state index contributed by atoms with van der Waals surface area (Å²) in [5.74, 6) is -1.11. The lowest BCUT2D eigenvalue weighted by atomic mass is 9.82. The van der Waals surface area contributed by atoms with E-state index in [-0.39, 0.29) is 30.6 Å². The molecule has 1 fully saturated rings. The van der Waals surface area contributed by atoms with Gasteiger partial charge in [0, 0.05) is 36.2 Å². The molecule has 1 saturated heterocycles. The van der Waals surface area contributed by atoms with Gasteiger partial charge in [-0.3, -0.25) is 0 Å². The number of rotatable bonds is 5. The molecule has 4 nitrogen and oxygen atoms in total. The van der Waals surface area contributed by atoms with E-state index in [1.165, 1.54) is 22.5 Å². The SMILES string of the molecule is O=S(=O)(Cc1cc(Cl)ccc1F)N1CC[C@@H](c2ccccc2)[C@@H](CO)C1. The van der Waals surface area contributed by atoms with E-state index in [0.717, 1.165) is 5.56 Å². The Labute approximate surface area is 158 Å². The Kier molecular flexibility index (Phi) is 5.97. The third kappa shape index (κ3) is 4.26. The first-order chi connectivity index (χ1) is 12.4. The summed E-state index contributed by atoms with van der Waals surface area (Å²) >= 11 is 5.86. The molecular formula is C19H21ClFNO3S. The predicted molar refractivity (Wildman–Crippen MR) is 100.0 cm³/mol. The van der Waals surface area contributed by atoms with E-state index >= 15 is 0 Å². The summed E-state index contributed by atoms with van der Waals surface area (Å²) in [4.78, 5) is 0. The van der Waals surface area contributed by atoms with Crippen molar-refractivity contribution in [2.45, 2.75) is 18.1 Å². The molecule has 0 aliphatic carbocycles. The first kappa shape index (κ1) is 19.3. The van der Waals surface area contributed by atoms with Crippen molar-refractivity contribution in [2.75, 3.05) is 19.7 Å². The van der Waals surface area contributed by atoms with Gasteiger partial charge in [0.25, 0.3) is 0 Å². The highest BCUT2D eigenvalue weighted by atomic mass is 35.5. The van der Waals surface area contributed by atoms with Crippen molar-refractivity contribution in [3.8, 4) is 0 Å². The highest BCUT2D eigenvalue weighted by Gasteiger charge is 2.35. The fourth-order valence-corrected chi connectivity index (χ4v) is 5.31. The number of hydrogen-bond acceptors (Lipinski definition) is 3. The summed E-state index contributed by atoms with van der Waals surface area (Å²) in [5.41, 5.74) is 1.16. The summed E-state index contributed by atoms with van der Waals surface area (Å²) in [5, 5.41) is 10.1. The molecule has 0 unspecified atom stereocenters. The van der Waals surface area contributed by atoms with Crippen molar-refractivity contribution < 1.29 is 17.9 Å². The monoisotopic (exact) mass is 397 g/mol. The standard InChI is InChI=1S/C19H21ClFNO3S/c20-17-6-7-19(21)15(10-17)13-26(24,25)22-9-8-18(16(11-22)12-23)14-4-2-1-3-5-14/h1-7,10,16,18,23H,8-9,11-13H2/t16-,18+/m1/s1. The highest BCUT2D eigenvalue weighted by molar-refractivity contribution is 7.88. The van der Waals surface area contributed by atoms with Crippen molar-refractivity contribution >= 4 is 21.6 Å². The fraction of sp³-hybridized carbons (Fsp3) is 0.368. The van der Waals surface area contributed by atoms with Crippen molar-refractivity contribution in [1.29, 1.82) is 0 Å². The van der Waals surface area contributed by atoms with Crippen LogP contribution in [0.25, 0.3) is 0 Å². The van der Waals surface area contributed by atoms with E-state index in [9.17, 15) is 17.9 Å². The molecule has 140 valence electrons. The first-order valence-electron chi connectivity index (χ1n) is 8.48. The summed E-state index contributed by atoms with van der Waals surface area (Å²) in [7, 11) is -3.70. The van der Waals surface area contributed by atoms with Gasteiger partial charge in [0.15, 0.2) is 0 Å². The second kappa shape index (κ2) is 8.05. The molecule has 1 aliphatic heterocycles. The number of hydrogen-bond donors (Lipinski definition) is 1. The minimum atomic E-state index is -3.70. The van der Waals surface area contributed by atoms with Crippen LogP contribution in [0.2, 0.25) is 5.02 Å². The lowest BCUT2D eigenvalue weighted by molar-refractivity contribution is 0.144. The molecule has 0 aromatic heterocycles. The maximum atomic E-state index is 13.9. The zero-order valence-corrected chi connectivity index (χ0v) is 15.8. The molecule has 1 aliphatic rings. The van der Waals surface area contributed by atoms with E-state index in [1.54, 1.807) is 0 Å². The summed E-state index contributed by atoms with van der Waals surface area (Å²) in [6.07, 6.45) is 0.618. The van der Waals surface area contributed by atoms with Gasteiger partial charge in [0.1, 0.15) is 5.82 Å². The van der Waals surface area contributed by atoms with Crippen molar-refractivity contribution in [3.63, 3.8) is 0 Å². The maximum Gasteiger partial charge on any atom is 0.218 e. The van der Waals surface area contributed by atoms with E-state index in [2.05, 4.69) is 0 Å². The Balaban J connectivity index is 1.77. The van der Waals surface area contributed by atoms with Crippen molar-refractivity contribution in [1.82, 2.24) is 4.31 Å². The van der Waals surface area contributed by atoms with E-state index < -0.39 is 21.6 Å². The van der Waals surface area contributed by atoms with Gasteiger partial charge in [-0.2, -0.15) is 0 Å². The smallest absolute Gasteiger partial charge is 0.218 e. The largest absolute Gasteiger partial charge is 0.396 e. The Morgan fingerprint density at radius 1 is 1.19 bits per heavy atom. The number of piperidine rings is 1. The average molecular weight is 398 g/mol. The van der Waals surface area contributed by atoms with E-state index in [4.69, 9.17) is 11.6 Å². The number of halogens is 2. The van der Waals surface area contributed by atoms with Crippen LogP contribution < -0.4 is 0 Å². The molecule has 1 N–H and O–H groups in total. The van der Waals surface area contributed by atoms with Crippen LogP contribution in [0, 0.1) is 11.7 Å². The normalized spacial score (nSPS) is 21.7. The van der Waals surface area contributed by atoms with Crippen LogP contribution in [0.3, 0.4) is 0 Å². The topological polar surface area (TPSA) is 57.6 Å². The van der Waals surface area contributed by atoms with Gasteiger partial charge in [-0.25, -0.2) is 17.1 Å². The average Bonchev–Trinajstić information content (AvgIpc) is 2.64. The van der Waals surface area contributed by atoms with Crippen LogP contribution in [0.15, 0.2) is 48.5 Å². The molecule has 0 spiro atoms. The van der Waals surface area contributed by atoms with Crippen molar-refractivity contribution in [2.24, 2.45) is 5.92 Å². The molecule has 26 heavy (non-hydrogen) atoms. The van der Waals surface area contributed by atoms with Crippen LogP contribution >= 0.6 is 11.6 Å². The Morgan fingerprint density at radius 2 is 1.92 bits per heavy atom. The zero-order valence-electron chi connectivity index (χ0n) is 14.2. The Hall–Kier alpha value is -1.47. The molecule has 2 aromatic carbocycles. The molecule has 0 bridgehead atoms. The molecule has 1 heterocycles. The van der Waals surface area contributed by atoms with Gasteiger partial charge >= 0.3 is 0 Å². The molecular weight excluding hydrogens is 377 g/mol. The maximum absolute atomic E-state index is 13.9. The summed E-state index contributed by atoms with van der Waals surface area (Å²) in [6, 6.07) is 13.7. The molecule has 3 rings (SSSR count). The van der Waals surface area contributed by atoms with E-state index in [0.29, 0.717) is 18.0 Å². The molecule has 0 amide bonds. The predicted octanol–water partition coefficient (Wildman–Crippen LogP) is 3.41. The molecule has 7 heteroatoms. The number of aliphatic hydroxyl groups is 1. The number of aliphatic hydroxyl groups excluding tert-OH is 1. The summed E-state index contributed by atoms with van der Waals surface area (Å²) in [6.45, 7) is 0.471. The lowest BCUT2D eigenvalue weighted by Crippen LogP contribution is -2.44. The van der Waals surface area contributed by atoms with Crippen LogP contribution in [0.1, 0.15) is 23.5 Å². The molecule has 0 saturated carbocycles. The van der Waals surface area contributed by atoms with E-state index in [1.807, 2.05) is 30.3 Å². The number of sulfonamides is 1. The second-order valence-corrected chi connectivity index (χ2v) is 9.00. The lowest BCUT2D eigenvalue weighted by Gasteiger charge is -2.37. The molecule has 2 atom stereocenters. The van der Waals surface area contributed by atoms with Crippen LogP contribution in [0.5, 0.6) is 0 Å². The molecule has 2 aromatic rings. The first-order valence-corrected chi connectivity index (χ1v) is 10.5. The minimum absolute atomic E-state index is 0.0585. The number of nitrogens with zero attached hydrogens (tertiary/aromatic N) is 1. The fourth-order valence-electron chi connectivity index (χ4n) is 3.52. The van der Waals surface area contributed by atoms with Gasteiger partial charge in [-0.15, -0.1) is 0 Å². The van der Waals surface area contributed by atoms with Gasteiger partial charge in [0.2, 0.25) is 10.0 Å². The number of benzene rings is 2. The van der Waals surface area contributed by atoms with Crippen LogP contribution in [-0.2, 0) is 15.8 Å². The van der Waals surface area contributed by atoms with Crippen molar-refractivity contribution in [3.05, 3.63) is 70.5 Å². The highest BCUT2D eigenvalue weighted by Crippen LogP contribution is 2.34. The van der Waals surface area contributed by atoms with Gasteiger partial charge in [-0.1, -0.05) is 41.9 Å². The zero-order chi connectivity index (χ0) is 18.7. The molecule has 0 radical (unpaired) electrons. The second-order valence-electron chi connectivity index (χ2n) is 6.60. The van der Waals surface area contributed by atoms with Crippen LogP contribution in [-0.4, -0.2) is 37.5 Å². The van der Waals surface area contributed by atoms with Gasteiger partial charge in [0.05, 0.1) is 5.75 Å². The van der Waals surface area contributed by atoms with Gasteiger partial charge < -0.3 is 5.11 Å². The Bertz CT molecular complexity index is 860. The summed E-state index contributed by atoms with van der Waals surface area (Å²) < 4.78 is 40.8. The van der Waals surface area contributed by atoms with Gasteiger partial charge in [-0.05, 0) is 36.1 Å². The Morgan fingerprint density at radius 3 is 2.62 bits per heavy atom. The quantitative estimate of drug-likeness (QED) is 0.841.